The predicted molar refractivity (Wildman–Crippen MR) is 82.6 cm³/mol. The minimum Gasteiger partial charge on any atom is -0.296 e. The van der Waals surface area contributed by atoms with Crippen LogP contribution in [0.5, 0.6) is 0 Å². The zero-order valence-electron chi connectivity index (χ0n) is 11.5. The minimum atomic E-state index is -0.223. The van der Waals surface area contributed by atoms with Gasteiger partial charge in [0.05, 0.1) is 0 Å². The van der Waals surface area contributed by atoms with Crippen LogP contribution in [0.2, 0.25) is 5.02 Å². The molecule has 0 bridgehead atoms. The highest BCUT2D eigenvalue weighted by Crippen LogP contribution is 2.39. The first kappa shape index (κ1) is 15.5. The van der Waals surface area contributed by atoms with Crippen LogP contribution in [0.4, 0.5) is 0 Å². The topological polar surface area (TPSA) is 46.2 Å². The molecule has 2 amide bonds. The van der Waals surface area contributed by atoms with Gasteiger partial charge in [0.25, 0.3) is 0 Å². The first-order valence-electron chi connectivity index (χ1n) is 6.67. The van der Waals surface area contributed by atoms with Gasteiger partial charge in [0.15, 0.2) is 0 Å². The number of rotatable bonds is 3. The molecule has 2 atom stereocenters. The van der Waals surface area contributed by atoms with Crippen LogP contribution in [-0.2, 0) is 9.59 Å². The minimum absolute atomic E-state index is 0.140. The van der Waals surface area contributed by atoms with Gasteiger partial charge < -0.3 is 0 Å². The van der Waals surface area contributed by atoms with E-state index in [9.17, 15) is 9.59 Å². The van der Waals surface area contributed by atoms with Crippen LogP contribution in [-0.4, -0.2) is 11.8 Å². The summed E-state index contributed by atoms with van der Waals surface area (Å²) in [5.74, 6) is -0.362. The van der Waals surface area contributed by atoms with E-state index in [0.717, 1.165) is 16.5 Å². The van der Waals surface area contributed by atoms with E-state index in [0.29, 0.717) is 17.4 Å². The van der Waals surface area contributed by atoms with E-state index in [1.165, 1.54) is 0 Å². The van der Waals surface area contributed by atoms with Gasteiger partial charge in [0.2, 0.25) is 11.8 Å². The Bertz CT molecular complexity index is 545. The van der Waals surface area contributed by atoms with E-state index in [-0.39, 0.29) is 23.7 Å². The molecular weight excluding hydrogens is 342 g/mol. The van der Waals surface area contributed by atoms with Crippen LogP contribution in [0.25, 0.3) is 0 Å². The van der Waals surface area contributed by atoms with Crippen LogP contribution in [0.1, 0.15) is 38.2 Å². The second kappa shape index (κ2) is 6.27. The number of amides is 2. The Labute approximate surface area is 132 Å². The fraction of sp³-hybridized carbons (Fsp3) is 0.467. The van der Waals surface area contributed by atoms with Gasteiger partial charge in [0.1, 0.15) is 0 Å². The average Bonchev–Trinajstić information content (AvgIpc) is 2.32. The summed E-state index contributed by atoms with van der Waals surface area (Å²) in [4.78, 5) is 23.8. The molecule has 5 heteroatoms. The molecule has 0 radical (unpaired) electrons. The van der Waals surface area contributed by atoms with Crippen LogP contribution < -0.4 is 5.32 Å². The van der Waals surface area contributed by atoms with Crippen molar-refractivity contribution in [2.45, 2.75) is 32.6 Å². The highest BCUT2D eigenvalue weighted by molar-refractivity contribution is 9.10. The van der Waals surface area contributed by atoms with Crippen LogP contribution in [0.15, 0.2) is 22.7 Å². The fourth-order valence-electron chi connectivity index (χ4n) is 2.71. The molecule has 1 aliphatic heterocycles. The molecule has 3 nitrogen and oxygen atoms in total. The molecule has 1 fully saturated rings. The van der Waals surface area contributed by atoms with Crippen molar-refractivity contribution in [1.82, 2.24) is 5.32 Å². The molecule has 0 aliphatic carbocycles. The standard InChI is InChI=1S/C15H17BrClNO2/c1-8(2)5-12-11(7-14(19)18-15(12)20)10-4-3-9(16)6-13(10)17/h3-4,6,8,11-12H,5,7H2,1-2H3,(H,18,19,20). The van der Waals surface area contributed by atoms with Crippen LogP contribution >= 0.6 is 27.5 Å². The Morgan fingerprint density at radius 1 is 1.40 bits per heavy atom. The van der Waals surface area contributed by atoms with Crippen molar-refractivity contribution in [3.05, 3.63) is 33.3 Å². The molecule has 0 saturated carbocycles. The summed E-state index contributed by atoms with van der Waals surface area (Å²) in [5.41, 5.74) is 0.878. The Kier molecular flexibility index (Phi) is 4.86. The van der Waals surface area contributed by atoms with Gasteiger partial charge in [-0.1, -0.05) is 47.4 Å². The maximum Gasteiger partial charge on any atom is 0.230 e. The second-order valence-corrected chi connectivity index (χ2v) is 6.95. The third-order valence-corrected chi connectivity index (χ3v) is 4.40. The Hall–Kier alpha value is -0.870. The molecule has 1 saturated heterocycles. The molecule has 2 rings (SSSR count). The lowest BCUT2D eigenvalue weighted by molar-refractivity contribution is -0.137. The summed E-state index contributed by atoms with van der Waals surface area (Å²) in [5, 5.41) is 3.03. The van der Waals surface area contributed by atoms with Gasteiger partial charge >= 0.3 is 0 Å². The van der Waals surface area contributed by atoms with Gasteiger partial charge in [-0.15, -0.1) is 0 Å². The summed E-state index contributed by atoms with van der Waals surface area (Å²) >= 11 is 9.66. The number of imide groups is 1. The lowest BCUT2D eigenvalue weighted by Crippen LogP contribution is -2.45. The molecule has 108 valence electrons. The van der Waals surface area contributed by atoms with Crippen molar-refractivity contribution < 1.29 is 9.59 Å². The lowest BCUT2D eigenvalue weighted by Gasteiger charge is -2.32. The maximum atomic E-state index is 12.1. The number of hydrogen-bond donors (Lipinski definition) is 1. The molecule has 1 aromatic carbocycles. The summed E-state index contributed by atoms with van der Waals surface area (Å²) in [6.07, 6.45) is 1.06. The molecule has 1 N–H and O–H groups in total. The van der Waals surface area contributed by atoms with Gasteiger partial charge in [-0.05, 0) is 30.0 Å². The van der Waals surface area contributed by atoms with E-state index in [4.69, 9.17) is 11.6 Å². The highest BCUT2D eigenvalue weighted by Gasteiger charge is 2.37. The van der Waals surface area contributed by atoms with Gasteiger partial charge in [-0.2, -0.15) is 0 Å². The molecule has 2 unspecified atom stereocenters. The SMILES string of the molecule is CC(C)CC1C(=O)NC(=O)CC1c1ccc(Br)cc1Cl. The molecule has 1 heterocycles. The smallest absolute Gasteiger partial charge is 0.230 e. The Morgan fingerprint density at radius 3 is 2.70 bits per heavy atom. The van der Waals surface area contributed by atoms with Crippen molar-refractivity contribution in [1.29, 1.82) is 0 Å². The third kappa shape index (κ3) is 3.41. The first-order valence-corrected chi connectivity index (χ1v) is 7.84. The highest BCUT2D eigenvalue weighted by atomic mass is 79.9. The summed E-state index contributed by atoms with van der Waals surface area (Å²) in [6.45, 7) is 4.15. The summed E-state index contributed by atoms with van der Waals surface area (Å²) in [7, 11) is 0. The van der Waals surface area contributed by atoms with Crippen LogP contribution in [0, 0.1) is 11.8 Å². The van der Waals surface area contributed by atoms with Crippen molar-refractivity contribution >= 4 is 39.3 Å². The van der Waals surface area contributed by atoms with E-state index in [2.05, 4.69) is 35.1 Å². The maximum absolute atomic E-state index is 12.1. The van der Waals surface area contributed by atoms with E-state index in [1.807, 2.05) is 12.1 Å². The van der Waals surface area contributed by atoms with Gasteiger partial charge in [-0.3, -0.25) is 14.9 Å². The molecule has 1 aromatic rings. The second-order valence-electron chi connectivity index (χ2n) is 5.62. The molecular formula is C15H17BrClNO2. The zero-order valence-corrected chi connectivity index (χ0v) is 13.8. The zero-order chi connectivity index (χ0) is 14.9. The molecule has 0 spiro atoms. The van der Waals surface area contributed by atoms with E-state index >= 15 is 0 Å². The van der Waals surface area contributed by atoms with Crippen LogP contribution in [0.3, 0.4) is 0 Å². The summed E-state index contributed by atoms with van der Waals surface area (Å²) < 4.78 is 0.887. The third-order valence-electron chi connectivity index (χ3n) is 3.58. The number of benzene rings is 1. The monoisotopic (exact) mass is 357 g/mol. The average molecular weight is 359 g/mol. The van der Waals surface area contributed by atoms with Crippen molar-refractivity contribution in [3.8, 4) is 0 Å². The fourth-order valence-corrected chi connectivity index (χ4v) is 3.53. The van der Waals surface area contributed by atoms with Gasteiger partial charge in [-0.25, -0.2) is 0 Å². The Balaban J connectivity index is 2.37. The van der Waals surface area contributed by atoms with Gasteiger partial charge in [0, 0.05) is 27.8 Å². The summed E-state index contributed by atoms with van der Waals surface area (Å²) in [6, 6.07) is 5.60. The lowest BCUT2D eigenvalue weighted by atomic mass is 9.76. The van der Waals surface area contributed by atoms with E-state index < -0.39 is 0 Å². The number of carbonyl (C=O) groups is 2. The molecule has 20 heavy (non-hydrogen) atoms. The molecule has 0 aromatic heterocycles. The van der Waals surface area contributed by atoms with Crippen molar-refractivity contribution in [2.75, 3.05) is 0 Å². The normalized spacial score (nSPS) is 23.1. The number of nitrogens with one attached hydrogen (secondary N) is 1. The van der Waals surface area contributed by atoms with Crippen molar-refractivity contribution in [3.63, 3.8) is 0 Å². The Morgan fingerprint density at radius 2 is 2.10 bits per heavy atom. The van der Waals surface area contributed by atoms with Crippen molar-refractivity contribution in [2.24, 2.45) is 11.8 Å². The predicted octanol–water partition coefficient (Wildman–Crippen LogP) is 3.89. The number of piperidine rings is 1. The number of carbonyl (C=O) groups excluding carboxylic acids is 2. The number of hydrogen-bond acceptors (Lipinski definition) is 2. The molecule has 1 aliphatic rings. The quantitative estimate of drug-likeness (QED) is 0.833. The largest absolute Gasteiger partial charge is 0.296 e. The number of halogens is 2. The first-order chi connectivity index (χ1) is 9.38. The van der Waals surface area contributed by atoms with E-state index in [1.54, 1.807) is 6.07 Å².